The summed E-state index contributed by atoms with van der Waals surface area (Å²) in [4.78, 5) is 13.7. The van der Waals surface area contributed by atoms with Crippen molar-refractivity contribution in [3.05, 3.63) is 0 Å². The first-order chi connectivity index (χ1) is 7.88. The van der Waals surface area contributed by atoms with Crippen LogP contribution in [-0.4, -0.2) is 55.7 Å². The summed E-state index contributed by atoms with van der Waals surface area (Å²) in [6.07, 6.45) is -0.199. The number of likely N-dealkylation sites (N-methyl/N-ethyl adjacent to an activating group) is 1. The lowest BCUT2D eigenvalue weighted by Gasteiger charge is -2.21. The van der Waals surface area contributed by atoms with E-state index in [-0.39, 0.29) is 17.9 Å². The lowest BCUT2D eigenvalue weighted by atomic mass is 10.1. The number of carbonyl (C=O) groups is 1. The first-order valence-electron chi connectivity index (χ1n) is 5.69. The molecule has 0 heterocycles. The third-order valence-electron chi connectivity index (χ3n) is 2.52. The molecule has 0 aliphatic carbocycles. The second-order valence-electron chi connectivity index (χ2n) is 4.19. The Labute approximate surface area is 109 Å². The van der Waals surface area contributed by atoms with Crippen LogP contribution in [0.1, 0.15) is 13.8 Å². The molecule has 0 rings (SSSR count). The summed E-state index contributed by atoms with van der Waals surface area (Å²) in [6, 6.07) is 0. The van der Waals surface area contributed by atoms with E-state index in [4.69, 9.17) is 22.7 Å². The summed E-state index contributed by atoms with van der Waals surface area (Å²) in [5.41, 5.74) is 5.43. The monoisotopic (exact) mass is 261 g/mol. The summed E-state index contributed by atoms with van der Waals surface area (Å²) < 4.78 is 5.43. The summed E-state index contributed by atoms with van der Waals surface area (Å²) >= 11 is 4.80. The molecule has 0 aromatic carbocycles. The average Bonchev–Trinajstić information content (AvgIpc) is 2.27. The average molecular weight is 261 g/mol. The quantitative estimate of drug-likeness (QED) is 0.602. The van der Waals surface area contributed by atoms with Crippen LogP contribution in [-0.2, 0) is 9.53 Å². The van der Waals surface area contributed by atoms with E-state index < -0.39 is 0 Å². The predicted molar refractivity (Wildman–Crippen MR) is 72.9 cm³/mol. The number of rotatable bonds is 8. The molecule has 6 heteroatoms. The number of ether oxygens (including phenoxy) is 1. The molecule has 1 amide bonds. The Kier molecular flexibility index (Phi) is 8.03. The fourth-order valence-electron chi connectivity index (χ4n) is 1.36. The van der Waals surface area contributed by atoms with Crippen LogP contribution in [0.4, 0.5) is 0 Å². The Bertz CT molecular complexity index is 261. The van der Waals surface area contributed by atoms with Crippen molar-refractivity contribution in [2.75, 3.05) is 33.8 Å². The first kappa shape index (κ1) is 16.3. The Hall–Kier alpha value is -0.720. The van der Waals surface area contributed by atoms with Crippen LogP contribution < -0.4 is 11.1 Å². The highest BCUT2D eigenvalue weighted by Gasteiger charge is 2.13. The molecule has 0 aromatic rings. The van der Waals surface area contributed by atoms with E-state index in [1.165, 1.54) is 0 Å². The van der Waals surface area contributed by atoms with E-state index in [0.29, 0.717) is 18.1 Å². The molecule has 5 nitrogen and oxygen atoms in total. The standard InChI is InChI=1S/C11H23N3O2S/c1-8(11(15)13-3)7-14(4)5-6-16-9(2)10(12)17/h8-9H,5-7H2,1-4H3,(H2,12,17)(H,13,15). The summed E-state index contributed by atoms with van der Waals surface area (Å²) in [7, 11) is 3.60. The smallest absolute Gasteiger partial charge is 0.223 e. The van der Waals surface area contributed by atoms with Crippen molar-refractivity contribution in [1.82, 2.24) is 10.2 Å². The van der Waals surface area contributed by atoms with Crippen molar-refractivity contribution in [2.45, 2.75) is 20.0 Å². The molecule has 0 spiro atoms. The first-order valence-corrected chi connectivity index (χ1v) is 6.10. The van der Waals surface area contributed by atoms with Crippen molar-refractivity contribution >= 4 is 23.1 Å². The van der Waals surface area contributed by atoms with Gasteiger partial charge in [0.15, 0.2) is 0 Å². The second kappa shape index (κ2) is 8.38. The van der Waals surface area contributed by atoms with Gasteiger partial charge in [-0.25, -0.2) is 0 Å². The van der Waals surface area contributed by atoms with E-state index >= 15 is 0 Å². The normalized spacial score (nSPS) is 14.4. The van der Waals surface area contributed by atoms with Crippen molar-refractivity contribution in [3.8, 4) is 0 Å². The highest BCUT2D eigenvalue weighted by molar-refractivity contribution is 7.80. The summed E-state index contributed by atoms with van der Waals surface area (Å²) in [6.45, 7) is 5.72. The van der Waals surface area contributed by atoms with E-state index in [9.17, 15) is 4.79 Å². The van der Waals surface area contributed by atoms with Gasteiger partial charge in [-0.2, -0.15) is 0 Å². The van der Waals surface area contributed by atoms with Gasteiger partial charge in [0.25, 0.3) is 0 Å². The van der Waals surface area contributed by atoms with Crippen LogP contribution in [0, 0.1) is 5.92 Å². The SMILES string of the molecule is CNC(=O)C(C)CN(C)CCOC(C)C(N)=S. The Morgan fingerprint density at radius 3 is 2.59 bits per heavy atom. The predicted octanol–water partition coefficient (Wildman–Crippen LogP) is -0.00850. The van der Waals surface area contributed by atoms with Gasteiger partial charge in [-0.05, 0) is 14.0 Å². The van der Waals surface area contributed by atoms with Crippen molar-refractivity contribution in [2.24, 2.45) is 11.7 Å². The molecular formula is C11H23N3O2S. The fraction of sp³-hybridized carbons (Fsp3) is 0.818. The molecule has 0 aromatic heterocycles. The molecule has 100 valence electrons. The lowest BCUT2D eigenvalue weighted by molar-refractivity contribution is -0.124. The van der Waals surface area contributed by atoms with Gasteiger partial charge >= 0.3 is 0 Å². The third-order valence-corrected chi connectivity index (χ3v) is 2.85. The van der Waals surface area contributed by atoms with Gasteiger partial charge in [0, 0.05) is 26.1 Å². The van der Waals surface area contributed by atoms with E-state index in [1.807, 2.05) is 25.8 Å². The zero-order chi connectivity index (χ0) is 13.4. The minimum Gasteiger partial charge on any atom is -0.391 e. The van der Waals surface area contributed by atoms with Gasteiger partial charge < -0.3 is 20.7 Å². The number of nitrogens with one attached hydrogen (secondary N) is 1. The number of nitrogens with two attached hydrogens (primary N) is 1. The van der Waals surface area contributed by atoms with E-state index in [1.54, 1.807) is 7.05 Å². The molecule has 0 saturated carbocycles. The molecule has 3 N–H and O–H groups in total. The van der Waals surface area contributed by atoms with Crippen molar-refractivity contribution < 1.29 is 9.53 Å². The zero-order valence-corrected chi connectivity index (χ0v) is 11.8. The van der Waals surface area contributed by atoms with E-state index in [0.717, 1.165) is 6.54 Å². The molecular weight excluding hydrogens is 238 g/mol. The molecule has 0 saturated heterocycles. The highest BCUT2D eigenvalue weighted by Crippen LogP contribution is 1.98. The van der Waals surface area contributed by atoms with Gasteiger partial charge in [-0.15, -0.1) is 0 Å². The topological polar surface area (TPSA) is 67.6 Å². The Morgan fingerprint density at radius 2 is 2.12 bits per heavy atom. The summed E-state index contributed by atoms with van der Waals surface area (Å²) in [5.74, 6) is 0.0206. The van der Waals surface area contributed by atoms with Gasteiger partial charge in [-0.3, -0.25) is 4.79 Å². The molecule has 0 aliphatic heterocycles. The number of hydrogen-bond acceptors (Lipinski definition) is 4. The zero-order valence-electron chi connectivity index (χ0n) is 11.0. The summed E-state index contributed by atoms with van der Waals surface area (Å²) in [5, 5.41) is 2.63. The molecule has 0 bridgehead atoms. The second-order valence-corrected chi connectivity index (χ2v) is 4.66. The maximum absolute atomic E-state index is 11.3. The van der Waals surface area contributed by atoms with Gasteiger partial charge in [0.1, 0.15) is 11.1 Å². The van der Waals surface area contributed by atoms with Gasteiger partial charge in [0.05, 0.1) is 6.61 Å². The Balaban J connectivity index is 3.76. The molecule has 0 radical (unpaired) electrons. The lowest BCUT2D eigenvalue weighted by Crippen LogP contribution is -2.36. The maximum atomic E-state index is 11.3. The van der Waals surface area contributed by atoms with Gasteiger partial charge in [-0.1, -0.05) is 19.1 Å². The number of hydrogen-bond donors (Lipinski definition) is 2. The van der Waals surface area contributed by atoms with Crippen molar-refractivity contribution in [1.29, 1.82) is 0 Å². The number of carbonyl (C=O) groups excluding carboxylic acids is 1. The van der Waals surface area contributed by atoms with Crippen LogP contribution in [0.3, 0.4) is 0 Å². The van der Waals surface area contributed by atoms with Crippen molar-refractivity contribution in [3.63, 3.8) is 0 Å². The minimum atomic E-state index is -0.199. The molecule has 2 unspecified atom stereocenters. The minimum absolute atomic E-state index is 0.0296. The maximum Gasteiger partial charge on any atom is 0.223 e. The third kappa shape index (κ3) is 7.25. The molecule has 0 aliphatic rings. The van der Waals surface area contributed by atoms with Crippen LogP contribution in [0.25, 0.3) is 0 Å². The largest absolute Gasteiger partial charge is 0.391 e. The molecule has 2 atom stereocenters. The highest BCUT2D eigenvalue weighted by atomic mass is 32.1. The van der Waals surface area contributed by atoms with Crippen LogP contribution in [0.15, 0.2) is 0 Å². The number of thiocarbonyl (C=S) groups is 1. The number of amides is 1. The van der Waals surface area contributed by atoms with Crippen LogP contribution in [0.5, 0.6) is 0 Å². The van der Waals surface area contributed by atoms with Gasteiger partial charge in [0.2, 0.25) is 5.91 Å². The van der Waals surface area contributed by atoms with Crippen LogP contribution >= 0.6 is 12.2 Å². The van der Waals surface area contributed by atoms with Crippen LogP contribution in [0.2, 0.25) is 0 Å². The number of nitrogens with zero attached hydrogens (tertiary/aromatic N) is 1. The molecule has 0 fully saturated rings. The Morgan fingerprint density at radius 1 is 1.53 bits per heavy atom. The van der Waals surface area contributed by atoms with E-state index in [2.05, 4.69) is 5.32 Å². The fourth-order valence-corrected chi connectivity index (χ4v) is 1.42. The molecule has 17 heavy (non-hydrogen) atoms.